The minimum atomic E-state index is -0.386. The molecular formula is C26H31N7O4. The van der Waals surface area contributed by atoms with Crippen molar-refractivity contribution in [3.63, 3.8) is 0 Å². The number of ether oxygens (including phenoxy) is 2. The first kappa shape index (κ1) is 25.9. The molecule has 0 saturated carbocycles. The normalized spacial score (nSPS) is 13.5. The van der Waals surface area contributed by atoms with Gasteiger partial charge in [0.2, 0.25) is 0 Å². The van der Waals surface area contributed by atoms with Crippen molar-refractivity contribution in [3.05, 3.63) is 60.3 Å². The average molecular weight is 506 g/mol. The number of nitrogens with zero attached hydrogens (tertiary/aromatic N) is 3. The highest BCUT2D eigenvalue weighted by Crippen LogP contribution is 2.28. The topological polar surface area (TPSA) is 144 Å². The van der Waals surface area contributed by atoms with Crippen LogP contribution in [0.3, 0.4) is 0 Å². The Morgan fingerprint density at radius 3 is 2.35 bits per heavy atom. The van der Waals surface area contributed by atoms with E-state index >= 15 is 0 Å². The van der Waals surface area contributed by atoms with Crippen molar-refractivity contribution in [2.45, 2.75) is 6.92 Å². The van der Waals surface area contributed by atoms with Gasteiger partial charge in [0.15, 0.2) is 23.1 Å². The molecule has 0 bridgehead atoms. The van der Waals surface area contributed by atoms with Gasteiger partial charge >= 0.3 is 6.03 Å². The van der Waals surface area contributed by atoms with Gasteiger partial charge in [-0.05, 0) is 43.3 Å². The number of morpholine rings is 1. The molecule has 5 N–H and O–H groups in total. The van der Waals surface area contributed by atoms with Crippen molar-refractivity contribution in [2.24, 2.45) is 0 Å². The van der Waals surface area contributed by atoms with Crippen LogP contribution in [0.15, 0.2) is 54.6 Å². The first-order valence-electron chi connectivity index (χ1n) is 12.2. The smallest absolute Gasteiger partial charge is 0.323 e. The van der Waals surface area contributed by atoms with Gasteiger partial charge in [0.1, 0.15) is 0 Å². The molecule has 3 aromatic rings. The molecule has 1 fully saturated rings. The average Bonchev–Trinajstić information content (AvgIpc) is 2.91. The molecule has 1 aliphatic rings. The number of aromatic nitrogens is 2. The van der Waals surface area contributed by atoms with E-state index in [1.807, 2.05) is 18.2 Å². The predicted octanol–water partition coefficient (Wildman–Crippen LogP) is 2.83. The molecule has 1 aromatic heterocycles. The number of carbonyl (C=O) groups excluding carboxylic acids is 2. The molecule has 1 aliphatic heterocycles. The van der Waals surface area contributed by atoms with Gasteiger partial charge in [0.25, 0.3) is 5.91 Å². The molecule has 2 aromatic carbocycles. The summed E-state index contributed by atoms with van der Waals surface area (Å²) in [5.41, 5.74) is 8.13. The van der Waals surface area contributed by atoms with Gasteiger partial charge in [-0.15, -0.1) is 0 Å². The molecule has 0 aliphatic carbocycles. The van der Waals surface area contributed by atoms with Crippen LogP contribution in [0.4, 0.5) is 22.0 Å². The van der Waals surface area contributed by atoms with Crippen molar-refractivity contribution in [3.8, 4) is 17.1 Å². The molecule has 11 nitrogen and oxygen atoms in total. The molecule has 2 heterocycles. The number of nitrogens with two attached hydrogens (primary N) is 1. The molecule has 0 spiro atoms. The lowest BCUT2D eigenvalue weighted by Gasteiger charge is -2.26. The number of nitrogens with one attached hydrogen (secondary N) is 3. The van der Waals surface area contributed by atoms with Crippen LogP contribution in [-0.2, 0) is 4.74 Å². The highest BCUT2D eigenvalue weighted by Gasteiger charge is 2.21. The van der Waals surface area contributed by atoms with Gasteiger partial charge < -0.3 is 31.2 Å². The van der Waals surface area contributed by atoms with E-state index in [1.165, 1.54) is 0 Å². The SMILES string of the molecule is CCOc1c(N)nc(-c2ccc(NC(=O)Nc3ccccc3)cc2)nc1C(=O)NCCN1CCOCC1. The molecule has 0 radical (unpaired) electrons. The van der Waals surface area contributed by atoms with Crippen LogP contribution in [0.1, 0.15) is 17.4 Å². The Kier molecular flexibility index (Phi) is 8.84. The standard InChI is InChI=1S/C26H31N7O4/c1-2-37-22-21(25(34)28-12-13-33-14-16-36-17-15-33)31-24(32-23(22)27)18-8-10-20(11-9-18)30-26(35)29-19-6-4-3-5-7-19/h3-11H,2,12-17H2,1H3,(H,28,34)(H2,27,31,32)(H2,29,30,35). The Balaban J connectivity index is 1.44. The van der Waals surface area contributed by atoms with E-state index in [4.69, 9.17) is 15.2 Å². The van der Waals surface area contributed by atoms with E-state index in [0.29, 0.717) is 49.8 Å². The summed E-state index contributed by atoms with van der Waals surface area (Å²) in [6.45, 7) is 6.33. The number of benzene rings is 2. The second kappa shape index (κ2) is 12.7. The van der Waals surface area contributed by atoms with Crippen LogP contribution < -0.4 is 26.4 Å². The van der Waals surface area contributed by atoms with Crippen LogP contribution in [0.25, 0.3) is 11.4 Å². The summed E-state index contributed by atoms with van der Waals surface area (Å²) < 4.78 is 11.0. The Morgan fingerprint density at radius 2 is 1.68 bits per heavy atom. The number of rotatable bonds is 9. The van der Waals surface area contributed by atoms with E-state index in [1.54, 1.807) is 43.3 Å². The minimum Gasteiger partial charge on any atom is -0.488 e. The Labute approximate surface area is 215 Å². The summed E-state index contributed by atoms with van der Waals surface area (Å²) in [4.78, 5) is 36.3. The molecule has 3 amide bonds. The molecule has 0 unspecified atom stereocenters. The summed E-state index contributed by atoms with van der Waals surface area (Å²) in [5, 5.41) is 8.44. The Morgan fingerprint density at radius 1 is 1.00 bits per heavy atom. The summed E-state index contributed by atoms with van der Waals surface area (Å²) in [6.07, 6.45) is 0. The summed E-state index contributed by atoms with van der Waals surface area (Å²) >= 11 is 0. The zero-order chi connectivity index (χ0) is 26.0. The fourth-order valence-electron chi connectivity index (χ4n) is 3.79. The third kappa shape index (κ3) is 7.15. The van der Waals surface area contributed by atoms with Gasteiger partial charge in [0.05, 0.1) is 19.8 Å². The van der Waals surface area contributed by atoms with Gasteiger partial charge in [-0.1, -0.05) is 18.2 Å². The maximum absolute atomic E-state index is 13.0. The lowest BCUT2D eigenvalue weighted by atomic mass is 10.2. The zero-order valence-corrected chi connectivity index (χ0v) is 20.7. The Hall–Kier alpha value is -4.22. The lowest BCUT2D eigenvalue weighted by Crippen LogP contribution is -2.41. The van der Waals surface area contributed by atoms with Gasteiger partial charge in [-0.25, -0.2) is 14.8 Å². The minimum absolute atomic E-state index is 0.0784. The van der Waals surface area contributed by atoms with Gasteiger partial charge in [0, 0.05) is 43.1 Å². The monoisotopic (exact) mass is 505 g/mol. The first-order valence-corrected chi connectivity index (χ1v) is 12.2. The van der Waals surface area contributed by atoms with Crippen molar-refractivity contribution in [2.75, 3.05) is 62.4 Å². The number of anilines is 3. The number of amides is 3. The van der Waals surface area contributed by atoms with E-state index < -0.39 is 0 Å². The second-order valence-corrected chi connectivity index (χ2v) is 8.28. The van der Waals surface area contributed by atoms with E-state index in [9.17, 15) is 9.59 Å². The lowest BCUT2D eigenvalue weighted by molar-refractivity contribution is 0.0383. The highest BCUT2D eigenvalue weighted by atomic mass is 16.5. The molecule has 1 saturated heterocycles. The van der Waals surface area contributed by atoms with Crippen LogP contribution >= 0.6 is 0 Å². The summed E-state index contributed by atoms with van der Waals surface area (Å²) in [7, 11) is 0. The predicted molar refractivity (Wildman–Crippen MR) is 142 cm³/mol. The van der Waals surface area contributed by atoms with Gasteiger partial charge in [-0.2, -0.15) is 0 Å². The maximum atomic E-state index is 13.0. The highest BCUT2D eigenvalue weighted by molar-refractivity contribution is 6.00. The van der Waals surface area contributed by atoms with Crippen LogP contribution in [0.5, 0.6) is 5.75 Å². The number of hydrogen-bond acceptors (Lipinski definition) is 8. The fourth-order valence-corrected chi connectivity index (χ4v) is 3.79. The largest absolute Gasteiger partial charge is 0.488 e. The summed E-state index contributed by atoms with van der Waals surface area (Å²) in [5.74, 6) is 0.128. The Bertz CT molecular complexity index is 1200. The van der Waals surface area contributed by atoms with E-state index in [-0.39, 0.29) is 35.0 Å². The maximum Gasteiger partial charge on any atom is 0.323 e. The third-order valence-electron chi connectivity index (χ3n) is 5.65. The number of urea groups is 1. The number of carbonyl (C=O) groups is 2. The molecule has 4 rings (SSSR count). The molecule has 194 valence electrons. The number of hydrogen-bond donors (Lipinski definition) is 4. The van der Waals surface area contributed by atoms with Crippen molar-refractivity contribution < 1.29 is 19.1 Å². The zero-order valence-electron chi connectivity index (χ0n) is 20.7. The fraction of sp³-hybridized carbons (Fsp3) is 0.308. The van der Waals surface area contributed by atoms with E-state index in [0.717, 1.165) is 13.1 Å². The van der Waals surface area contributed by atoms with Gasteiger partial charge in [-0.3, -0.25) is 9.69 Å². The molecule has 11 heteroatoms. The van der Waals surface area contributed by atoms with E-state index in [2.05, 4.69) is 30.8 Å². The van der Waals surface area contributed by atoms with Crippen molar-refractivity contribution in [1.29, 1.82) is 0 Å². The second-order valence-electron chi connectivity index (χ2n) is 8.28. The van der Waals surface area contributed by atoms with Crippen molar-refractivity contribution >= 4 is 29.1 Å². The number of nitrogen functional groups attached to an aromatic ring is 1. The van der Waals surface area contributed by atoms with Crippen molar-refractivity contribution in [1.82, 2.24) is 20.2 Å². The summed E-state index contributed by atoms with van der Waals surface area (Å²) in [6, 6.07) is 15.7. The number of para-hydroxylation sites is 1. The first-order chi connectivity index (χ1) is 18.0. The molecular weight excluding hydrogens is 474 g/mol. The van der Waals surface area contributed by atoms with Crippen LogP contribution in [0, 0.1) is 0 Å². The quantitative estimate of drug-likeness (QED) is 0.348. The molecule has 0 atom stereocenters. The van der Waals surface area contributed by atoms with Crippen LogP contribution in [0.2, 0.25) is 0 Å². The van der Waals surface area contributed by atoms with Crippen LogP contribution in [-0.4, -0.2) is 72.8 Å². The third-order valence-corrected chi connectivity index (χ3v) is 5.65. The molecule has 37 heavy (non-hydrogen) atoms.